The van der Waals surface area contributed by atoms with Gasteiger partial charge in [-0.15, -0.1) is 0 Å². The number of fused-ring (bicyclic) bond motifs is 5. The zero-order valence-electron chi connectivity index (χ0n) is 14.8. The van der Waals surface area contributed by atoms with Gasteiger partial charge >= 0.3 is 0 Å². The van der Waals surface area contributed by atoms with Crippen LogP contribution in [-0.2, 0) is 0 Å². The first-order valence-electron chi connectivity index (χ1n) is 9.67. The molecule has 0 aromatic rings. The largest absolute Gasteiger partial charge is 0.390 e. The van der Waals surface area contributed by atoms with E-state index < -0.39 is 5.60 Å². The summed E-state index contributed by atoms with van der Waals surface area (Å²) in [6, 6.07) is 0. The van der Waals surface area contributed by atoms with Crippen LogP contribution in [0.1, 0.15) is 78.6 Å². The highest BCUT2D eigenvalue weighted by atomic mass is 16.3. The maximum absolute atomic E-state index is 10.5. The summed E-state index contributed by atoms with van der Waals surface area (Å²) in [4.78, 5) is 0. The van der Waals surface area contributed by atoms with Crippen molar-refractivity contribution in [3.05, 3.63) is 12.2 Å². The number of hydrogen-bond donors (Lipinski definition) is 1. The standard InChI is InChI=1S/C21H34O/c1-14-5-8-17-16-7-6-15-13-19(2,22)11-12-21(15,4)18(16)9-10-20(14,17)3/h15-18,22H,1,5-13H2,2-4H3/t15-,16-,17-,18-,19+,20+,21-/m0/s1. The van der Waals surface area contributed by atoms with Crippen LogP contribution in [0.3, 0.4) is 0 Å². The summed E-state index contributed by atoms with van der Waals surface area (Å²) in [7, 11) is 0. The maximum Gasteiger partial charge on any atom is 0.0622 e. The molecular weight excluding hydrogens is 268 g/mol. The van der Waals surface area contributed by atoms with Gasteiger partial charge in [-0.25, -0.2) is 0 Å². The Morgan fingerprint density at radius 1 is 0.955 bits per heavy atom. The fourth-order valence-electron chi connectivity index (χ4n) is 7.34. The Labute approximate surface area is 136 Å². The molecule has 0 heterocycles. The van der Waals surface area contributed by atoms with Crippen molar-refractivity contribution in [2.75, 3.05) is 0 Å². The molecule has 0 spiro atoms. The van der Waals surface area contributed by atoms with E-state index in [2.05, 4.69) is 27.4 Å². The molecule has 1 nitrogen and oxygen atoms in total. The third kappa shape index (κ3) is 1.93. The average molecular weight is 303 g/mol. The molecule has 0 bridgehead atoms. The van der Waals surface area contributed by atoms with E-state index in [1.54, 1.807) is 5.57 Å². The van der Waals surface area contributed by atoms with Gasteiger partial charge in [-0.3, -0.25) is 0 Å². The highest BCUT2D eigenvalue weighted by Gasteiger charge is 2.59. The monoisotopic (exact) mass is 302 g/mol. The Kier molecular flexibility index (Phi) is 3.20. The minimum atomic E-state index is -0.401. The molecule has 0 amide bonds. The predicted molar refractivity (Wildman–Crippen MR) is 91.5 cm³/mol. The smallest absolute Gasteiger partial charge is 0.0622 e. The molecule has 0 unspecified atom stereocenters. The number of allylic oxidation sites excluding steroid dienone is 1. The highest BCUT2D eigenvalue weighted by molar-refractivity contribution is 5.21. The zero-order valence-corrected chi connectivity index (χ0v) is 14.8. The first kappa shape index (κ1) is 15.2. The van der Waals surface area contributed by atoms with E-state index in [0.717, 1.165) is 36.5 Å². The fraction of sp³-hybridized carbons (Fsp3) is 0.905. The molecule has 4 saturated carbocycles. The van der Waals surface area contributed by atoms with Crippen LogP contribution in [0.25, 0.3) is 0 Å². The topological polar surface area (TPSA) is 20.2 Å². The van der Waals surface area contributed by atoms with Crippen LogP contribution in [-0.4, -0.2) is 10.7 Å². The molecule has 1 N–H and O–H groups in total. The summed E-state index contributed by atoms with van der Waals surface area (Å²) in [6.45, 7) is 11.6. The van der Waals surface area contributed by atoms with Crippen LogP contribution in [0.4, 0.5) is 0 Å². The second kappa shape index (κ2) is 4.62. The van der Waals surface area contributed by atoms with Gasteiger partial charge in [0.25, 0.3) is 0 Å². The third-order valence-corrected chi connectivity index (χ3v) is 8.91. The zero-order chi connectivity index (χ0) is 15.8. The second-order valence-electron chi connectivity index (χ2n) is 9.96. The van der Waals surface area contributed by atoms with Gasteiger partial charge < -0.3 is 5.11 Å². The molecule has 0 radical (unpaired) electrons. The molecule has 22 heavy (non-hydrogen) atoms. The van der Waals surface area contributed by atoms with Crippen LogP contribution in [0.5, 0.6) is 0 Å². The second-order valence-corrected chi connectivity index (χ2v) is 9.96. The van der Waals surface area contributed by atoms with Crippen LogP contribution >= 0.6 is 0 Å². The molecule has 4 fully saturated rings. The number of aliphatic hydroxyl groups is 1. The van der Waals surface area contributed by atoms with Crippen molar-refractivity contribution >= 4 is 0 Å². The molecular formula is C21H34O. The van der Waals surface area contributed by atoms with Gasteiger partial charge in [0.1, 0.15) is 0 Å². The van der Waals surface area contributed by atoms with Gasteiger partial charge in [0.2, 0.25) is 0 Å². The van der Waals surface area contributed by atoms with Gasteiger partial charge in [0, 0.05) is 0 Å². The van der Waals surface area contributed by atoms with Gasteiger partial charge in [-0.2, -0.15) is 0 Å². The minimum Gasteiger partial charge on any atom is -0.390 e. The van der Waals surface area contributed by atoms with E-state index >= 15 is 0 Å². The molecule has 0 saturated heterocycles. The van der Waals surface area contributed by atoms with E-state index in [-0.39, 0.29) is 0 Å². The summed E-state index contributed by atoms with van der Waals surface area (Å²) < 4.78 is 0. The molecule has 0 aliphatic heterocycles. The van der Waals surface area contributed by atoms with Crippen molar-refractivity contribution < 1.29 is 5.11 Å². The van der Waals surface area contributed by atoms with Crippen molar-refractivity contribution in [2.45, 2.75) is 84.2 Å². The van der Waals surface area contributed by atoms with E-state index in [9.17, 15) is 5.11 Å². The SMILES string of the molecule is C=C1CC[C@H]2[C@@H]3CC[C@H]4C[C@](C)(O)CC[C@]4(C)[C@H]3CC[C@]12C. The summed E-state index contributed by atoms with van der Waals surface area (Å²) in [5.41, 5.74) is 2.10. The van der Waals surface area contributed by atoms with Crippen LogP contribution in [0, 0.1) is 34.5 Å². The molecule has 4 aliphatic rings. The Bertz CT molecular complexity index is 492. The normalized spacial score (nSPS) is 57.9. The van der Waals surface area contributed by atoms with Crippen molar-refractivity contribution in [1.29, 1.82) is 0 Å². The third-order valence-electron chi connectivity index (χ3n) is 8.91. The summed E-state index contributed by atoms with van der Waals surface area (Å²) in [6.07, 6.45) is 11.5. The molecule has 124 valence electrons. The van der Waals surface area contributed by atoms with Crippen molar-refractivity contribution in [1.82, 2.24) is 0 Å². The lowest BCUT2D eigenvalue weighted by Crippen LogP contribution is -2.55. The quantitative estimate of drug-likeness (QED) is 0.599. The lowest BCUT2D eigenvalue weighted by molar-refractivity contribution is -0.139. The number of rotatable bonds is 0. The molecule has 0 aromatic carbocycles. The van der Waals surface area contributed by atoms with Crippen molar-refractivity contribution in [2.24, 2.45) is 34.5 Å². The van der Waals surface area contributed by atoms with E-state index in [4.69, 9.17) is 0 Å². The van der Waals surface area contributed by atoms with Crippen LogP contribution in [0.2, 0.25) is 0 Å². The summed E-state index contributed by atoms with van der Waals surface area (Å²) in [5.74, 6) is 3.50. The molecule has 4 aliphatic carbocycles. The van der Waals surface area contributed by atoms with E-state index in [1.165, 1.54) is 44.9 Å². The summed E-state index contributed by atoms with van der Waals surface area (Å²) in [5, 5.41) is 10.5. The Morgan fingerprint density at radius 3 is 2.50 bits per heavy atom. The molecule has 0 aromatic heterocycles. The first-order chi connectivity index (χ1) is 10.3. The lowest BCUT2D eigenvalue weighted by atomic mass is 9.44. The maximum atomic E-state index is 10.5. The van der Waals surface area contributed by atoms with Gasteiger partial charge in [-0.1, -0.05) is 26.0 Å². The lowest BCUT2D eigenvalue weighted by Gasteiger charge is -2.61. The van der Waals surface area contributed by atoms with Gasteiger partial charge in [-0.05, 0) is 99.2 Å². The predicted octanol–water partition coefficient (Wildman–Crippen LogP) is 5.34. The Balaban J connectivity index is 1.63. The highest BCUT2D eigenvalue weighted by Crippen LogP contribution is 2.67. The molecule has 4 rings (SSSR count). The first-order valence-corrected chi connectivity index (χ1v) is 9.67. The molecule has 7 atom stereocenters. The Morgan fingerprint density at radius 2 is 1.73 bits per heavy atom. The minimum absolute atomic E-state index is 0.401. The Hall–Kier alpha value is -0.300. The number of hydrogen-bond acceptors (Lipinski definition) is 1. The van der Waals surface area contributed by atoms with Crippen molar-refractivity contribution in [3.63, 3.8) is 0 Å². The van der Waals surface area contributed by atoms with Gasteiger partial charge in [0.05, 0.1) is 5.60 Å². The van der Waals surface area contributed by atoms with Crippen LogP contribution in [0.15, 0.2) is 12.2 Å². The molecule has 1 heteroatoms. The average Bonchev–Trinajstić information content (AvgIpc) is 2.76. The summed E-state index contributed by atoms with van der Waals surface area (Å²) >= 11 is 0. The van der Waals surface area contributed by atoms with Crippen molar-refractivity contribution in [3.8, 4) is 0 Å². The fourth-order valence-corrected chi connectivity index (χ4v) is 7.34. The van der Waals surface area contributed by atoms with E-state index in [0.29, 0.717) is 10.8 Å². The van der Waals surface area contributed by atoms with Gasteiger partial charge in [0.15, 0.2) is 0 Å². The van der Waals surface area contributed by atoms with Crippen LogP contribution < -0.4 is 0 Å². The van der Waals surface area contributed by atoms with E-state index in [1.807, 2.05) is 0 Å².